The highest BCUT2D eigenvalue weighted by molar-refractivity contribution is 5.79. The van der Waals surface area contributed by atoms with Crippen LogP contribution in [-0.2, 0) is 4.79 Å². The molecule has 1 atom stereocenters. The van der Waals surface area contributed by atoms with Crippen molar-refractivity contribution in [3.05, 3.63) is 0 Å². The standard InChI is InChI=1S/C8H14N2O/c11-8-7(2-1-3-10-8)6-4-9-5-6/h6-7,9H,1-5H2,(H,10,11). The highest BCUT2D eigenvalue weighted by atomic mass is 16.1. The number of piperidine rings is 1. The lowest BCUT2D eigenvalue weighted by molar-refractivity contribution is -0.129. The van der Waals surface area contributed by atoms with E-state index in [0.29, 0.717) is 11.8 Å². The van der Waals surface area contributed by atoms with Gasteiger partial charge in [-0.25, -0.2) is 0 Å². The van der Waals surface area contributed by atoms with Gasteiger partial charge in [-0.05, 0) is 31.8 Å². The Labute approximate surface area is 66.5 Å². The van der Waals surface area contributed by atoms with Crippen molar-refractivity contribution in [2.75, 3.05) is 19.6 Å². The normalized spacial score (nSPS) is 32.7. The van der Waals surface area contributed by atoms with Crippen molar-refractivity contribution in [2.45, 2.75) is 12.8 Å². The molecule has 0 bridgehead atoms. The van der Waals surface area contributed by atoms with Crippen LogP contribution in [0.15, 0.2) is 0 Å². The summed E-state index contributed by atoms with van der Waals surface area (Å²) in [5.41, 5.74) is 0. The molecule has 2 N–H and O–H groups in total. The molecule has 2 aliphatic heterocycles. The summed E-state index contributed by atoms with van der Waals surface area (Å²) in [6.45, 7) is 2.96. The van der Waals surface area contributed by atoms with Crippen LogP contribution in [0.5, 0.6) is 0 Å². The Kier molecular flexibility index (Phi) is 1.82. The van der Waals surface area contributed by atoms with Crippen LogP contribution < -0.4 is 10.6 Å². The van der Waals surface area contributed by atoms with Crippen molar-refractivity contribution in [1.29, 1.82) is 0 Å². The topological polar surface area (TPSA) is 41.1 Å². The highest BCUT2D eigenvalue weighted by Crippen LogP contribution is 2.23. The maximum Gasteiger partial charge on any atom is 0.223 e. The van der Waals surface area contributed by atoms with Gasteiger partial charge in [0.25, 0.3) is 0 Å². The molecule has 2 rings (SSSR count). The van der Waals surface area contributed by atoms with Gasteiger partial charge in [0, 0.05) is 12.5 Å². The van der Waals surface area contributed by atoms with Gasteiger partial charge in [-0.15, -0.1) is 0 Å². The summed E-state index contributed by atoms with van der Waals surface area (Å²) in [4.78, 5) is 11.3. The molecule has 0 aromatic carbocycles. The number of nitrogens with one attached hydrogen (secondary N) is 2. The van der Waals surface area contributed by atoms with Gasteiger partial charge in [-0.1, -0.05) is 0 Å². The van der Waals surface area contributed by atoms with E-state index < -0.39 is 0 Å². The van der Waals surface area contributed by atoms with E-state index in [2.05, 4.69) is 10.6 Å². The van der Waals surface area contributed by atoms with Gasteiger partial charge < -0.3 is 10.6 Å². The molecule has 0 saturated carbocycles. The van der Waals surface area contributed by atoms with E-state index in [1.54, 1.807) is 0 Å². The summed E-state index contributed by atoms with van der Waals surface area (Å²) in [5, 5.41) is 6.11. The minimum absolute atomic E-state index is 0.280. The third kappa shape index (κ3) is 1.25. The van der Waals surface area contributed by atoms with Crippen LogP contribution in [0.2, 0.25) is 0 Å². The fraction of sp³-hybridized carbons (Fsp3) is 0.875. The van der Waals surface area contributed by atoms with Crippen LogP contribution in [0, 0.1) is 11.8 Å². The minimum atomic E-state index is 0.280. The maximum atomic E-state index is 11.3. The number of hydrogen-bond donors (Lipinski definition) is 2. The van der Waals surface area contributed by atoms with E-state index in [1.165, 1.54) is 0 Å². The molecule has 1 amide bonds. The number of hydrogen-bond acceptors (Lipinski definition) is 2. The SMILES string of the molecule is O=C1NCCCC1C1CNC1. The summed E-state index contributed by atoms with van der Waals surface area (Å²) >= 11 is 0. The Balaban J connectivity index is 1.93. The first-order valence-electron chi connectivity index (χ1n) is 4.36. The molecule has 0 radical (unpaired) electrons. The van der Waals surface area contributed by atoms with Crippen molar-refractivity contribution < 1.29 is 4.79 Å². The third-order valence-electron chi connectivity index (χ3n) is 2.71. The second-order valence-electron chi connectivity index (χ2n) is 3.46. The van der Waals surface area contributed by atoms with Crippen molar-refractivity contribution in [1.82, 2.24) is 10.6 Å². The largest absolute Gasteiger partial charge is 0.356 e. The average molecular weight is 154 g/mol. The fourth-order valence-electron chi connectivity index (χ4n) is 1.84. The quantitative estimate of drug-likeness (QED) is 0.546. The zero-order valence-electron chi connectivity index (χ0n) is 6.60. The van der Waals surface area contributed by atoms with Crippen LogP contribution in [0.4, 0.5) is 0 Å². The molecule has 2 saturated heterocycles. The average Bonchev–Trinajstić information content (AvgIpc) is 1.90. The second-order valence-corrected chi connectivity index (χ2v) is 3.46. The van der Waals surface area contributed by atoms with Crippen LogP contribution >= 0.6 is 0 Å². The van der Waals surface area contributed by atoms with Gasteiger partial charge in [0.1, 0.15) is 0 Å². The lowest BCUT2D eigenvalue weighted by atomic mass is 9.82. The molecule has 2 heterocycles. The molecule has 2 aliphatic rings. The van der Waals surface area contributed by atoms with Crippen LogP contribution in [0.3, 0.4) is 0 Å². The predicted octanol–water partition coefficient (Wildman–Crippen LogP) is -0.268. The van der Waals surface area contributed by atoms with E-state index in [0.717, 1.165) is 32.5 Å². The summed E-state index contributed by atoms with van der Waals surface area (Å²) in [6, 6.07) is 0. The second kappa shape index (κ2) is 2.81. The molecular formula is C8H14N2O. The maximum absolute atomic E-state index is 11.3. The molecule has 0 aromatic rings. The van der Waals surface area contributed by atoms with Gasteiger partial charge in [0.05, 0.1) is 0 Å². The molecule has 3 nitrogen and oxygen atoms in total. The van der Waals surface area contributed by atoms with E-state index in [9.17, 15) is 4.79 Å². The molecule has 62 valence electrons. The Morgan fingerprint density at radius 2 is 2.18 bits per heavy atom. The fourth-order valence-corrected chi connectivity index (χ4v) is 1.84. The van der Waals surface area contributed by atoms with Crippen LogP contribution in [0.25, 0.3) is 0 Å². The molecule has 0 spiro atoms. The van der Waals surface area contributed by atoms with Gasteiger partial charge in [0.2, 0.25) is 5.91 Å². The van der Waals surface area contributed by atoms with E-state index >= 15 is 0 Å². The monoisotopic (exact) mass is 154 g/mol. The molecule has 0 aliphatic carbocycles. The number of carbonyl (C=O) groups excluding carboxylic acids is 1. The lowest BCUT2D eigenvalue weighted by Gasteiger charge is -2.35. The van der Waals surface area contributed by atoms with Gasteiger partial charge >= 0.3 is 0 Å². The number of amides is 1. The molecule has 1 unspecified atom stereocenters. The first-order chi connectivity index (χ1) is 5.38. The zero-order chi connectivity index (χ0) is 7.68. The summed E-state index contributed by atoms with van der Waals surface area (Å²) in [5.74, 6) is 1.21. The molecule has 3 heteroatoms. The third-order valence-corrected chi connectivity index (χ3v) is 2.71. The molecule has 2 fully saturated rings. The predicted molar refractivity (Wildman–Crippen MR) is 42.1 cm³/mol. The van der Waals surface area contributed by atoms with E-state index in [1.807, 2.05) is 0 Å². The Morgan fingerprint density at radius 3 is 2.73 bits per heavy atom. The Hall–Kier alpha value is -0.570. The summed E-state index contributed by atoms with van der Waals surface area (Å²) in [6.07, 6.45) is 2.26. The first-order valence-corrected chi connectivity index (χ1v) is 4.36. The molecular weight excluding hydrogens is 140 g/mol. The Bertz CT molecular complexity index is 165. The number of rotatable bonds is 1. The number of carbonyl (C=O) groups is 1. The van der Waals surface area contributed by atoms with Gasteiger partial charge in [-0.2, -0.15) is 0 Å². The van der Waals surface area contributed by atoms with Gasteiger partial charge in [0.15, 0.2) is 0 Å². The van der Waals surface area contributed by atoms with Crippen molar-refractivity contribution in [2.24, 2.45) is 11.8 Å². The molecule has 0 aromatic heterocycles. The van der Waals surface area contributed by atoms with Crippen LogP contribution in [0.1, 0.15) is 12.8 Å². The lowest BCUT2D eigenvalue weighted by Crippen LogP contribution is -2.52. The van der Waals surface area contributed by atoms with Crippen molar-refractivity contribution >= 4 is 5.91 Å². The smallest absolute Gasteiger partial charge is 0.223 e. The van der Waals surface area contributed by atoms with Gasteiger partial charge in [-0.3, -0.25) is 4.79 Å². The van der Waals surface area contributed by atoms with E-state index in [-0.39, 0.29) is 5.91 Å². The van der Waals surface area contributed by atoms with Crippen LogP contribution in [-0.4, -0.2) is 25.5 Å². The van der Waals surface area contributed by atoms with Crippen molar-refractivity contribution in [3.63, 3.8) is 0 Å². The first kappa shape index (κ1) is 7.10. The zero-order valence-corrected chi connectivity index (χ0v) is 6.60. The Morgan fingerprint density at radius 1 is 1.36 bits per heavy atom. The van der Waals surface area contributed by atoms with Crippen molar-refractivity contribution in [3.8, 4) is 0 Å². The van der Waals surface area contributed by atoms with E-state index in [4.69, 9.17) is 0 Å². The minimum Gasteiger partial charge on any atom is -0.356 e. The summed E-state index contributed by atoms with van der Waals surface area (Å²) in [7, 11) is 0. The molecule has 11 heavy (non-hydrogen) atoms. The highest BCUT2D eigenvalue weighted by Gasteiger charge is 2.33. The summed E-state index contributed by atoms with van der Waals surface area (Å²) < 4.78 is 0.